The molecule has 0 fully saturated rings. The number of pyridine rings is 1. The third-order valence-electron chi connectivity index (χ3n) is 4.33. The summed E-state index contributed by atoms with van der Waals surface area (Å²) < 4.78 is 5.31. The summed E-state index contributed by atoms with van der Waals surface area (Å²) in [5, 5.41) is 9.83. The van der Waals surface area contributed by atoms with E-state index in [1.807, 2.05) is 33.0 Å². The van der Waals surface area contributed by atoms with Crippen molar-refractivity contribution in [3.63, 3.8) is 0 Å². The number of hydrogen-bond donors (Lipinski definition) is 1. The lowest BCUT2D eigenvalue weighted by atomic mass is 10.0. The van der Waals surface area contributed by atoms with Gasteiger partial charge in [-0.25, -0.2) is 0 Å². The fourth-order valence-corrected chi connectivity index (χ4v) is 3.11. The maximum atomic E-state index is 11.6. The topological polar surface area (TPSA) is 59.4 Å². The first kappa shape index (κ1) is 22.2. The average molecular weight is 404 g/mol. The SMILES string of the molecule is CC(C)(C)OC(=O)CCCCCCCc1ccc(-c2ccc(O)c(Cl)c2)nc1. The summed E-state index contributed by atoms with van der Waals surface area (Å²) in [5.74, 6) is -0.0262. The zero-order valence-electron chi connectivity index (χ0n) is 17.0. The molecule has 4 nitrogen and oxygen atoms in total. The van der Waals surface area contributed by atoms with Gasteiger partial charge in [-0.05, 0) is 69.9 Å². The van der Waals surface area contributed by atoms with Crippen molar-refractivity contribution in [3.8, 4) is 17.0 Å². The number of ether oxygens (including phenoxy) is 1. The van der Waals surface area contributed by atoms with Crippen LogP contribution in [0, 0.1) is 0 Å². The Bertz CT molecular complexity index is 766. The number of phenols is 1. The highest BCUT2D eigenvalue weighted by Gasteiger charge is 2.15. The van der Waals surface area contributed by atoms with Crippen molar-refractivity contribution in [1.82, 2.24) is 4.98 Å². The van der Waals surface area contributed by atoms with Crippen LogP contribution in [0.1, 0.15) is 64.9 Å². The van der Waals surface area contributed by atoms with E-state index in [1.165, 1.54) is 5.56 Å². The van der Waals surface area contributed by atoms with Crippen molar-refractivity contribution in [2.75, 3.05) is 0 Å². The molecule has 0 atom stereocenters. The quantitative estimate of drug-likeness (QED) is 0.392. The van der Waals surface area contributed by atoms with Crippen LogP contribution in [0.15, 0.2) is 36.5 Å². The lowest BCUT2D eigenvalue weighted by Gasteiger charge is -2.19. The zero-order chi connectivity index (χ0) is 20.6. The van der Waals surface area contributed by atoms with Crippen LogP contribution in [0.5, 0.6) is 5.75 Å². The van der Waals surface area contributed by atoms with Gasteiger partial charge in [0.15, 0.2) is 0 Å². The van der Waals surface area contributed by atoms with Gasteiger partial charge < -0.3 is 9.84 Å². The molecule has 0 saturated carbocycles. The molecule has 28 heavy (non-hydrogen) atoms. The lowest BCUT2D eigenvalue weighted by molar-refractivity contribution is -0.154. The number of esters is 1. The van der Waals surface area contributed by atoms with Gasteiger partial charge in [-0.3, -0.25) is 9.78 Å². The van der Waals surface area contributed by atoms with Crippen molar-refractivity contribution in [2.24, 2.45) is 0 Å². The Kier molecular flexibility index (Phi) is 8.31. The van der Waals surface area contributed by atoms with Crippen molar-refractivity contribution in [2.45, 2.75) is 71.3 Å². The number of aryl methyl sites for hydroxylation is 1. The summed E-state index contributed by atoms with van der Waals surface area (Å²) in [4.78, 5) is 16.2. The van der Waals surface area contributed by atoms with Gasteiger partial charge in [-0.15, -0.1) is 0 Å². The van der Waals surface area contributed by atoms with E-state index in [-0.39, 0.29) is 11.7 Å². The van der Waals surface area contributed by atoms with Gasteiger partial charge in [0.25, 0.3) is 0 Å². The van der Waals surface area contributed by atoms with E-state index in [2.05, 4.69) is 11.1 Å². The molecule has 0 spiro atoms. The van der Waals surface area contributed by atoms with Crippen LogP contribution < -0.4 is 0 Å². The number of rotatable bonds is 9. The van der Waals surface area contributed by atoms with E-state index in [0.29, 0.717) is 11.4 Å². The Labute approximate surface area is 172 Å². The van der Waals surface area contributed by atoms with E-state index in [9.17, 15) is 9.90 Å². The minimum absolute atomic E-state index is 0.0770. The predicted octanol–water partition coefficient (Wildman–Crippen LogP) is 6.33. The molecule has 5 heteroatoms. The Balaban J connectivity index is 1.64. The van der Waals surface area contributed by atoms with Crippen LogP contribution in [0.4, 0.5) is 0 Å². The molecule has 1 N–H and O–H groups in total. The number of unbranched alkanes of at least 4 members (excludes halogenated alkanes) is 4. The van der Waals surface area contributed by atoms with Gasteiger partial charge in [-0.1, -0.05) is 36.9 Å². The lowest BCUT2D eigenvalue weighted by Crippen LogP contribution is -2.23. The van der Waals surface area contributed by atoms with E-state index < -0.39 is 5.60 Å². The minimum Gasteiger partial charge on any atom is -0.506 e. The molecule has 0 aliphatic carbocycles. The van der Waals surface area contributed by atoms with Crippen LogP contribution >= 0.6 is 11.6 Å². The molecule has 0 unspecified atom stereocenters. The molecular formula is C23H30ClNO3. The fraction of sp³-hybridized carbons (Fsp3) is 0.478. The molecule has 0 radical (unpaired) electrons. The van der Waals surface area contributed by atoms with Gasteiger partial charge in [0.2, 0.25) is 0 Å². The van der Waals surface area contributed by atoms with Crippen LogP contribution in [0.3, 0.4) is 0 Å². The number of carbonyl (C=O) groups excluding carboxylic acids is 1. The summed E-state index contributed by atoms with van der Waals surface area (Å²) in [5.41, 5.74) is 2.55. The number of nitrogens with zero attached hydrogens (tertiary/aromatic N) is 1. The summed E-state index contributed by atoms with van der Waals surface area (Å²) in [6.07, 6.45) is 8.72. The zero-order valence-corrected chi connectivity index (χ0v) is 17.8. The standard InChI is InChI=1S/C23H30ClNO3/c1-23(2,3)28-22(27)10-8-6-4-5-7-9-17-11-13-20(25-16-17)18-12-14-21(26)19(24)15-18/h11-16,26H,4-10H2,1-3H3. The third kappa shape index (κ3) is 7.89. The number of carbonyl (C=O) groups is 1. The molecule has 1 aromatic carbocycles. The maximum absolute atomic E-state index is 11.6. The number of aromatic hydroxyl groups is 1. The van der Waals surface area contributed by atoms with Crippen LogP contribution in [0.2, 0.25) is 5.02 Å². The predicted molar refractivity (Wildman–Crippen MR) is 114 cm³/mol. The summed E-state index contributed by atoms with van der Waals surface area (Å²) in [7, 11) is 0. The number of benzene rings is 1. The summed E-state index contributed by atoms with van der Waals surface area (Å²) in [6.45, 7) is 5.68. The first-order valence-electron chi connectivity index (χ1n) is 9.90. The molecule has 0 aliphatic heterocycles. The van der Waals surface area contributed by atoms with E-state index in [4.69, 9.17) is 16.3 Å². The molecule has 2 aromatic rings. The molecule has 152 valence electrons. The summed E-state index contributed by atoms with van der Waals surface area (Å²) in [6, 6.07) is 9.18. The Morgan fingerprint density at radius 2 is 1.79 bits per heavy atom. The third-order valence-corrected chi connectivity index (χ3v) is 4.64. The number of aromatic nitrogens is 1. The molecular weight excluding hydrogens is 374 g/mol. The molecule has 0 bridgehead atoms. The smallest absolute Gasteiger partial charge is 0.306 e. The second-order valence-electron chi connectivity index (χ2n) is 8.07. The summed E-state index contributed by atoms with van der Waals surface area (Å²) >= 11 is 5.96. The van der Waals surface area contributed by atoms with Gasteiger partial charge in [0.1, 0.15) is 11.4 Å². The molecule has 0 amide bonds. The molecule has 0 saturated heterocycles. The van der Waals surface area contributed by atoms with Gasteiger partial charge >= 0.3 is 5.97 Å². The second kappa shape index (κ2) is 10.5. The number of hydrogen-bond acceptors (Lipinski definition) is 4. The average Bonchev–Trinajstić information content (AvgIpc) is 2.62. The molecule has 1 aromatic heterocycles. The highest BCUT2D eigenvalue weighted by atomic mass is 35.5. The monoisotopic (exact) mass is 403 g/mol. The van der Waals surface area contributed by atoms with E-state index in [1.54, 1.807) is 18.2 Å². The Hall–Kier alpha value is -2.07. The maximum Gasteiger partial charge on any atom is 0.306 e. The van der Waals surface area contributed by atoms with Gasteiger partial charge in [0, 0.05) is 18.2 Å². The van der Waals surface area contributed by atoms with Crippen LogP contribution in [-0.2, 0) is 16.0 Å². The van der Waals surface area contributed by atoms with Crippen LogP contribution in [0.25, 0.3) is 11.3 Å². The molecule has 2 rings (SSSR count). The van der Waals surface area contributed by atoms with Crippen molar-refractivity contribution < 1.29 is 14.6 Å². The highest BCUT2D eigenvalue weighted by Crippen LogP contribution is 2.28. The fourth-order valence-electron chi connectivity index (χ4n) is 2.93. The molecule has 0 aliphatic rings. The van der Waals surface area contributed by atoms with Gasteiger partial charge in [-0.2, -0.15) is 0 Å². The Morgan fingerprint density at radius 3 is 2.43 bits per heavy atom. The first-order valence-corrected chi connectivity index (χ1v) is 10.3. The van der Waals surface area contributed by atoms with Gasteiger partial charge in [0.05, 0.1) is 10.7 Å². The molecule has 1 heterocycles. The normalized spacial score (nSPS) is 11.4. The van der Waals surface area contributed by atoms with Crippen LogP contribution in [-0.4, -0.2) is 21.7 Å². The van der Waals surface area contributed by atoms with Crippen molar-refractivity contribution in [1.29, 1.82) is 0 Å². The largest absolute Gasteiger partial charge is 0.506 e. The highest BCUT2D eigenvalue weighted by molar-refractivity contribution is 6.32. The van der Waals surface area contributed by atoms with Crippen molar-refractivity contribution in [3.05, 3.63) is 47.1 Å². The first-order chi connectivity index (χ1) is 13.2. The second-order valence-corrected chi connectivity index (χ2v) is 8.48. The number of halogens is 1. The van der Waals surface area contributed by atoms with E-state index in [0.717, 1.165) is 49.8 Å². The Morgan fingerprint density at radius 1 is 1.07 bits per heavy atom. The minimum atomic E-state index is -0.394. The van der Waals surface area contributed by atoms with Crippen molar-refractivity contribution >= 4 is 17.6 Å². The number of phenolic OH excluding ortho intramolecular Hbond substituents is 1. The van der Waals surface area contributed by atoms with E-state index >= 15 is 0 Å².